The number of nitrogens with one attached hydrogen (secondary N) is 2. The lowest BCUT2D eigenvalue weighted by Crippen LogP contribution is -2.21. The Labute approximate surface area is 252 Å². The first kappa shape index (κ1) is 30.4. The van der Waals surface area contributed by atoms with Crippen molar-refractivity contribution in [3.05, 3.63) is 101 Å². The van der Waals surface area contributed by atoms with E-state index < -0.39 is 9.84 Å². The fraction of sp³-hybridized carbons (Fsp3) is 0.172. The molecule has 0 radical (unpaired) electrons. The standard InChI is InChI=1S/C29H26ClFN4O4S.BrH/c1-40(36,37)12-11-32-16-23-7-10-27(39-23)20-5-8-26-24(14-20)29(34-18-33-26)35-22-6-9-28(25(30)15-22)38-17-19-3-2-4-21(31)13-19;/h2-10,13-15,18,32H,11-12,16-17H2,1H3,(H,33,34,35);1H. The normalized spacial score (nSPS) is 11.3. The van der Waals surface area contributed by atoms with E-state index in [1.165, 1.54) is 24.7 Å². The van der Waals surface area contributed by atoms with Gasteiger partial charge < -0.3 is 19.8 Å². The van der Waals surface area contributed by atoms with Crippen LogP contribution in [0.3, 0.4) is 0 Å². The number of aromatic nitrogens is 2. The average molecular weight is 662 g/mol. The largest absolute Gasteiger partial charge is 0.487 e. The molecule has 0 bridgehead atoms. The van der Waals surface area contributed by atoms with E-state index in [0.717, 1.165) is 16.5 Å². The topological polar surface area (TPSA) is 106 Å². The van der Waals surface area contributed by atoms with Crippen LogP contribution < -0.4 is 15.4 Å². The van der Waals surface area contributed by atoms with E-state index in [2.05, 4.69) is 20.6 Å². The van der Waals surface area contributed by atoms with E-state index in [-0.39, 0.29) is 35.2 Å². The van der Waals surface area contributed by atoms with Crippen molar-refractivity contribution in [2.24, 2.45) is 0 Å². The Bertz CT molecular complexity index is 1770. The van der Waals surface area contributed by atoms with Crippen LogP contribution in [0, 0.1) is 5.82 Å². The molecule has 0 unspecified atom stereocenters. The zero-order chi connectivity index (χ0) is 28.1. The number of hydrogen-bond donors (Lipinski definition) is 2. The summed E-state index contributed by atoms with van der Waals surface area (Å²) in [6, 6.07) is 21.0. The van der Waals surface area contributed by atoms with Crippen LogP contribution in [0.25, 0.3) is 22.2 Å². The zero-order valence-corrected chi connectivity index (χ0v) is 25.2. The van der Waals surface area contributed by atoms with E-state index in [9.17, 15) is 12.8 Å². The van der Waals surface area contributed by atoms with Gasteiger partial charge in [0, 0.05) is 29.4 Å². The fourth-order valence-electron chi connectivity index (χ4n) is 4.03. The van der Waals surface area contributed by atoms with Gasteiger partial charge in [0.15, 0.2) is 0 Å². The summed E-state index contributed by atoms with van der Waals surface area (Å²) in [6.07, 6.45) is 2.69. The molecule has 0 saturated carbocycles. The third-order valence-electron chi connectivity index (χ3n) is 6.01. The van der Waals surface area contributed by atoms with Gasteiger partial charge in [-0.25, -0.2) is 22.8 Å². The number of hydrogen-bond acceptors (Lipinski definition) is 8. The number of anilines is 2. The van der Waals surface area contributed by atoms with Gasteiger partial charge in [0.1, 0.15) is 51.7 Å². The van der Waals surface area contributed by atoms with Gasteiger partial charge in [-0.1, -0.05) is 23.7 Å². The summed E-state index contributed by atoms with van der Waals surface area (Å²) in [5.74, 6) is 2.17. The second kappa shape index (κ2) is 13.4. The van der Waals surface area contributed by atoms with Gasteiger partial charge in [-0.15, -0.1) is 17.0 Å². The molecular weight excluding hydrogens is 635 g/mol. The molecule has 214 valence electrons. The maximum Gasteiger partial charge on any atom is 0.148 e. The molecule has 0 amide bonds. The quantitative estimate of drug-likeness (QED) is 0.150. The first-order chi connectivity index (χ1) is 19.2. The van der Waals surface area contributed by atoms with Crippen molar-refractivity contribution in [2.45, 2.75) is 13.2 Å². The van der Waals surface area contributed by atoms with Gasteiger partial charge in [-0.2, -0.15) is 0 Å². The summed E-state index contributed by atoms with van der Waals surface area (Å²) in [5, 5.41) is 7.56. The summed E-state index contributed by atoms with van der Waals surface area (Å²) in [5.41, 5.74) is 2.99. The van der Waals surface area contributed by atoms with E-state index in [0.29, 0.717) is 52.5 Å². The summed E-state index contributed by atoms with van der Waals surface area (Å²) < 4.78 is 47.8. The number of fused-ring (bicyclic) bond motifs is 1. The first-order valence-corrected chi connectivity index (χ1v) is 14.8. The van der Waals surface area contributed by atoms with Gasteiger partial charge in [-0.05, 0) is 66.2 Å². The number of sulfone groups is 1. The molecule has 0 aliphatic heterocycles. The smallest absolute Gasteiger partial charge is 0.148 e. The van der Waals surface area contributed by atoms with Crippen LogP contribution in [0.5, 0.6) is 5.75 Å². The van der Waals surface area contributed by atoms with Gasteiger partial charge in [-0.3, -0.25) is 0 Å². The van der Waals surface area contributed by atoms with Crippen molar-refractivity contribution >= 4 is 60.8 Å². The van der Waals surface area contributed by atoms with Crippen LogP contribution in [0.15, 0.2) is 83.5 Å². The van der Waals surface area contributed by atoms with Gasteiger partial charge >= 0.3 is 0 Å². The molecule has 41 heavy (non-hydrogen) atoms. The molecule has 8 nitrogen and oxygen atoms in total. The second-order valence-electron chi connectivity index (χ2n) is 9.22. The molecule has 0 fully saturated rings. The third-order valence-corrected chi connectivity index (χ3v) is 7.25. The highest BCUT2D eigenvalue weighted by molar-refractivity contribution is 8.93. The lowest BCUT2D eigenvalue weighted by Gasteiger charge is -2.12. The summed E-state index contributed by atoms with van der Waals surface area (Å²) >= 11 is 6.47. The lowest BCUT2D eigenvalue weighted by atomic mass is 10.1. The Morgan fingerprint density at radius 3 is 2.66 bits per heavy atom. The zero-order valence-electron chi connectivity index (χ0n) is 21.9. The van der Waals surface area contributed by atoms with Crippen LogP contribution in [0.1, 0.15) is 11.3 Å². The third kappa shape index (κ3) is 8.26. The number of rotatable bonds is 11. The van der Waals surface area contributed by atoms with Crippen LogP contribution in [-0.4, -0.2) is 36.9 Å². The summed E-state index contributed by atoms with van der Waals surface area (Å²) in [7, 11) is -3.02. The molecule has 2 aromatic heterocycles. The minimum absolute atomic E-state index is 0. The maximum atomic E-state index is 13.4. The number of benzene rings is 3. The predicted molar refractivity (Wildman–Crippen MR) is 164 cm³/mol. The van der Waals surface area contributed by atoms with E-state index in [1.54, 1.807) is 24.3 Å². The maximum absolute atomic E-state index is 13.4. The Hall–Kier alpha value is -3.51. The van der Waals surface area contributed by atoms with Crippen molar-refractivity contribution < 1.29 is 22.0 Å². The molecule has 0 spiro atoms. The minimum atomic E-state index is -3.02. The number of ether oxygens (including phenoxy) is 1. The molecule has 0 saturated heterocycles. The highest BCUT2D eigenvalue weighted by Gasteiger charge is 2.11. The second-order valence-corrected chi connectivity index (χ2v) is 11.9. The Morgan fingerprint density at radius 1 is 1.02 bits per heavy atom. The van der Waals surface area contributed by atoms with E-state index >= 15 is 0 Å². The Kier molecular flexibility index (Phi) is 9.98. The SMILES string of the molecule is Br.CS(=O)(=O)CCNCc1ccc(-c2ccc3ncnc(Nc4ccc(OCc5cccc(F)c5)c(Cl)c4)c3c2)o1. The van der Waals surface area contributed by atoms with Gasteiger partial charge in [0.25, 0.3) is 0 Å². The fourth-order valence-corrected chi connectivity index (χ4v) is 4.78. The molecule has 2 heterocycles. The van der Waals surface area contributed by atoms with Crippen molar-refractivity contribution in [3.8, 4) is 17.1 Å². The van der Waals surface area contributed by atoms with Gasteiger partial charge in [0.2, 0.25) is 0 Å². The molecule has 3 aromatic carbocycles. The Morgan fingerprint density at radius 2 is 1.88 bits per heavy atom. The first-order valence-electron chi connectivity index (χ1n) is 12.4. The van der Waals surface area contributed by atoms with Crippen LogP contribution >= 0.6 is 28.6 Å². The molecule has 0 aliphatic carbocycles. The van der Waals surface area contributed by atoms with Crippen molar-refractivity contribution in [2.75, 3.05) is 23.9 Å². The average Bonchev–Trinajstić information content (AvgIpc) is 3.39. The highest BCUT2D eigenvalue weighted by Crippen LogP contribution is 2.32. The molecule has 5 rings (SSSR count). The Balaban J connectivity index is 0.00000387. The molecule has 0 aliphatic rings. The highest BCUT2D eigenvalue weighted by atomic mass is 79.9. The molecule has 2 N–H and O–H groups in total. The van der Waals surface area contributed by atoms with Gasteiger partial charge in [0.05, 0.1) is 22.8 Å². The monoisotopic (exact) mass is 660 g/mol. The summed E-state index contributed by atoms with van der Waals surface area (Å²) in [6.45, 7) is 0.956. The minimum Gasteiger partial charge on any atom is -0.487 e. The van der Waals surface area contributed by atoms with Crippen LogP contribution in [0.4, 0.5) is 15.9 Å². The van der Waals surface area contributed by atoms with E-state index in [1.807, 2.05) is 36.4 Å². The molecular formula is C29H27BrClFN4O4S. The van der Waals surface area contributed by atoms with Crippen molar-refractivity contribution in [1.82, 2.24) is 15.3 Å². The lowest BCUT2D eigenvalue weighted by molar-refractivity contribution is 0.306. The predicted octanol–water partition coefficient (Wildman–Crippen LogP) is 6.72. The molecule has 12 heteroatoms. The van der Waals surface area contributed by atoms with E-state index in [4.69, 9.17) is 20.8 Å². The number of nitrogens with zero attached hydrogens (tertiary/aromatic N) is 2. The summed E-state index contributed by atoms with van der Waals surface area (Å²) in [4.78, 5) is 8.80. The number of halogens is 3. The molecule has 0 atom stereocenters. The molecule has 5 aromatic rings. The van der Waals surface area contributed by atoms with Crippen LogP contribution in [-0.2, 0) is 23.0 Å². The van der Waals surface area contributed by atoms with Crippen molar-refractivity contribution in [3.63, 3.8) is 0 Å². The van der Waals surface area contributed by atoms with Crippen LogP contribution in [0.2, 0.25) is 5.02 Å². The number of furan rings is 1. The van der Waals surface area contributed by atoms with Crippen molar-refractivity contribution in [1.29, 1.82) is 0 Å².